The summed E-state index contributed by atoms with van der Waals surface area (Å²) in [6.07, 6.45) is 0. The number of rotatable bonds is 4. The van der Waals surface area contributed by atoms with Crippen LogP contribution in [0.5, 0.6) is 0 Å². The van der Waals surface area contributed by atoms with E-state index in [0.717, 1.165) is 5.56 Å². The quantitative estimate of drug-likeness (QED) is 0.694. The third-order valence-electron chi connectivity index (χ3n) is 3.97. The Bertz CT molecular complexity index is 1150. The maximum Gasteiger partial charge on any atom is 0.208 e. The molecule has 7 heteroatoms. The van der Waals surface area contributed by atoms with Gasteiger partial charge in [0.15, 0.2) is 0 Å². The lowest BCUT2D eigenvalue weighted by Crippen LogP contribution is -2.08. The Kier molecular flexibility index (Phi) is 4.60. The summed E-state index contributed by atoms with van der Waals surface area (Å²) < 4.78 is 50.8. The van der Waals surface area contributed by atoms with E-state index in [0.29, 0.717) is 0 Å². The molecule has 0 heterocycles. The monoisotopic (exact) mass is 387 g/mol. The molecule has 3 aromatic rings. The van der Waals surface area contributed by atoms with E-state index >= 15 is 0 Å². The van der Waals surface area contributed by atoms with Crippen LogP contribution in [-0.2, 0) is 19.7 Å². The van der Waals surface area contributed by atoms with Gasteiger partial charge in [0, 0.05) is 0 Å². The molecule has 0 atom stereocenters. The van der Waals surface area contributed by atoms with Crippen molar-refractivity contribution in [3.05, 3.63) is 78.4 Å². The highest BCUT2D eigenvalue weighted by atomic mass is 32.2. The van der Waals surface area contributed by atoms with Gasteiger partial charge in [-0.25, -0.2) is 16.8 Å². The van der Waals surface area contributed by atoms with Crippen LogP contribution in [0.3, 0.4) is 0 Å². The van der Waals surface area contributed by atoms with Crippen molar-refractivity contribution < 1.29 is 16.8 Å². The van der Waals surface area contributed by atoms with E-state index in [-0.39, 0.29) is 25.3 Å². The molecule has 3 aromatic carbocycles. The van der Waals surface area contributed by atoms with Crippen LogP contribution in [-0.4, -0.2) is 16.8 Å². The molecule has 3 rings (SSSR count). The first kappa shape index (κ1) is 18.2. The summed E-state index contributed by atoms with van der Waals surface area (Å²) in [5.74, 6) is 0. The summed E-state index contributed by atoms with van der Waals surface area (Å²) in [4.78, 5) is 0.0550. The van der Waals surface area contributed by atoms with Gasteiger partial charge in [0.05, 0.1) is 25.3 Å². The molecule has 5 nitrogen and oxygen atoms in total. The van der Waals surface area contributed by atoms with Gasteiger partial charge in [-0.05, 0) is 49.4 Å². The smallest absolute Gasteiger partial charge is 0.208 e. The molecule has 0 amide bonds. The van der Waals surface area contributed by atoms with Crippen molar-refractivity contribution in [2.24, 2.45) is 0 Å². The van der Waals surface area contributed by atoms with E-state index in [1.54, 1.807) is 30.3 Å². The molecule has 0 bridgehead atoms. The zero-order valence-electron chi connectivity index (χ0n) is 14.0. The molecule has 0 aliphatic carbocycles. The highest BCUT2D eigenvalue weighted by Crippen LogP contribution is 2.30. The van der Waals surface area contributed by atoms with E-state index in [1.807, 2.05) is 6.92 Å². The van der Waals surface area contributed by atoms with Gasteiger partial charge in [0.25, 0.3) is 0 Å². The summed E-state index contributed by atoms with van der Waals surface area (Å²) in [5, 5.41) is 0. The van der Waals surface area contributed by atoms with Gasteiger partial charge in [-0.15, -0.1) is 0 Å². The van der Waals surface area contributed by atoms with Crippen molar-refractivity contribution in [3.63, 3.8) is 0 Å². The van der Waals surface area contributed by atoms with E-state index in [9.17, 15) is 16.8 Å². The molecule has 134 valence electrons. The predicted octanol–water partition coefficient (Wildman–Crippen LogP) is 3.24. The molecular weight excluding hydrogens is 370 g/mol. The van der Waals surface area contributed by atoms with Crippen molar-refractivity contribution in [1.29, 1.82) is 0 Å². The van der Waals surface area contributed by atoms with Crippen LogP contribution in [0.2, 0.25) is 0 Å². The van der Waals surface area contributed by atoms with Gasteiger partial charge in [-0.2, -0.15) is 0 Å². The first-order valence-corrected chi connectivity index (χ1v) is 10.7. The van der Waals surface area contributed by atoms with Crippen LogP contribution in [0.1, 0.15) is 5.56 Å². The van der Waals surface area contributed by atoms with Crippen LogP contribution in [0.15, 0.2) is 92.4 Å². The fourth-order valence-electron chi connectivity index (χ4n) is 2.52. The minimum Gasteiger partial charge on any atom is -0.398 e. The van der Waals surface area contributed by atoms with E-state index < -0.39 is 19.7 Å². The number of benzene rings is 3. The van der Waals surface area contributed by atoms with Crippen molar-refractivity contribution in [1.82, 2.24) is 0 Å². The molecule has 0 fully saturated rings. The van der Waals surface area contributed by atoms with Crippen LogP contribution >= 0.6 is 0 Å². The van der Waals surface area contributed by atoms with Gasteiger partial charge in [0.2, 0.25) is 19.7 Å². The number of nitrogen functional groups attached to an aromatic ring is 1. The summed E-state index contributed by atoms with van der Waals surface area (Å²) in [7, 11) is -7.60. The van der Waals surface area contributed by atoms with Crippen LogP contribution in [0.25, 0.3) is 0 Å². The van der Waals surface area contributed by atoms with Gasteiger partial charge >= 0.3 is 0 Å². The fourth-order valence-corrected chi connectivity index (χ4v) is 5.20. The molecule has 0 unspecified atom stereocenters. The number of sulfone groups is 2. The number of hydrogen-bond donors (Lipinski definition) is 1. The number of anilines is 1. The summed E-state index contributed by atoms with van der Waals surface area (Å²) in [6, 6.07) is 18.0. The second-order valence-corrected chi connectivity index (χ2v) is 9.70. The van der Waals surface area contributed by atoms with Crippen molar-refractivity contribution >= 4 is 25.4 Å². The van der Waals surface area contributed by atoms with Gasteiger partial charge in [-0.1, -0.05) is 35.9 Å². The number of aryl methyl sites for hydroxylation is 1. The zero-order valence-corrected chi connectivity index (χ0v) is 15.6. The van der Waals surface area contributed by atoms with E-state index in [4.69, 9.17) is 5.73 Å². The second kappa shape index (κ2) is 6.59. The summed E-state index contributed by atoms with van der Waals surface area (Å²) in [6.45, 7) is 1.86. The third-order valence-corrected chi connectivity index (χ3v) is 7.58. The average Bonchev–Trinajstić information content (AvgIpc) is 2.62. The van der Waals surface area contributed by atoms with Crippen LogP contribution < -0.4 is 5.73 Å². The first-order chi connectivity index (χ1) is 12.2. The molecule has 0 aliphatic rings. The van der Waals surface area contributed by atoms with Crippen LogP contribution in [0, 0.1) is 6.92 Å². The minimum absolute atomic E-state index is 0.0518. The van der Waals surface area contributed by atoms with Crippen molar-refractivity contribution in [2.45, 2.75) is 26.5 Å². The van der Waals surface area contributed by atoms with Crippen molar-refractivity contribution in [3.8, 4) is 0 Å². The summed E-state index contributed by atoms with van der Waals surface area (Å²) >= 11 is 0. The summed E-state index contributed by atoms with van der Waals surface area (Å²) in [5.41, 5.74) is 6.73. The molecule has 0 radical (unpaired) electrons. The molecule has 26 heavy (non-hydrogen) atoms. The first-order valence-electron chi connectivity index (χ1n) is 7.74. The molecule has 0 aliphatic heterocycles. The molecule has 0 saturated carbocycles. The Balaban J connectivity index is 2.07. The predicted molar refractivity (Wildman–Crippen MR) is 99.4 cm³/mol. The highest BCUT2D eigenvalue weighted by molar-refractivity contribution is 7.92. The lowest BCUT2D eigenvalue weighted by Gasteiger charge is -2.10. The molecule has 2 N–H and O–H groups in total. The maximum atomic E-state index is 12.8. The number of nitrogens with two attached hydrogens (primary N) is 1. The second-order valence-electron chi connectivity index (χ2n) is 5.83. The normalized spacial score (nSPS) is 12.0. The lowest BCUT2D eigenvalue weighted by atomic mass is 10.2. The third kappa shape index (κ3) is 3.23. The highest BCUT2D eigenvalue weighted by Gasteiger charge is 2.24. The van der Waals surface area contributed by atoms with Crippen LogP contribution in [0.4, 0.5) is 5.69 Å². The Morgan fingerprint density at radius 1 is 0.654 bits per heavy atom. The van der Waals surface area contributed by atoms with Gasteiger partial charge < -0.3 is 5.73 Å². The maximum absolute atomic E-state index is 12.8. The fraction of sp³-hybridized carbons (Fsp3) is 0.0526. The zero-order chi connectivity index (χ0) is 18.9. The average molecular weight is 387 g/mol. The van der Waals surface area contributed by atoms with E-state index in [2.05, 4.69) is 0 Å². The largest absolute Gasteiger partial charge is 0.398 e. The molecule has 0 saturated heterocycles. The Labute approximate surface area is 153 Å². The SMILES string of the molecule is Cc1ccc(S(=O)(=O)c2ccc(S(=O)(=O)c3ccccc3)cc2N)cc1. The Hall–Kier alpha value is -2.64. The topological polar surface area (TPSA) is 94.3 Å². The molecule has 0 spiro atoms. The van der Waals surface area contributed by atoms with Crippen molar-refractivity contribution in [2.75, 3.05) is 5.73 Å². The van der Waals surface area contributed by atoms with E-state index in [1.165, 1.54) is 42.5 Å². The minimum atomic E-state index is -3.83. The Morgan fingerprint density at radius 3 is 1.77 bits per heavy atom. The molecular formula is C19H17NO4S2. The lowest BCUT2D eigenvalue weighted by molar-refractivity contribution is 0.592. The molecule has 0 aromatic heterocycles. The number of hydrogen-bond acceptors (Lipinski definition) is 5. The standard InChI is InChI=1S/C19H17NO4S2/c1-14-7-9-16(10-8-14)26(23,24)19-12-11-17(13-18(19)20)25(21,22)15-5-3-2-4-6-15/h2-13H,20H2,1H3. The van der Waals surface area contributed by atoms with Gasteiger partial charge in [0.1, 0.15) is 0 Å². The van der Waals surface area contributed by atoms with Gasteiger partial charge in [-0.3, -0.25) is 0 Å². The Morgan fingerprint density at radius 2 is 1.19 bits per heavy atom.